The molecule has 0 saturated heterocycles. The van der Waals surface area contributed by atoms with Gasteiger partial charge in [0.25, 0.3) is 0 Å². The van der Waals surface area contributed by atoms with Gasteiger partial charge in [0.2, 0.25) is 0 Å². The van der Waals surface area contributed by atoms with Crippen molar-refractivity contribution < 1.29 is 12.8 Å². The number of sulfone groups is 1. The number of pyridine rings is 1. The maximum atomic E-state index is 14.7. The molecule has 6 nitrogen and oxygen atoms in total. The largest absolute Gasteiger partial charge is 0.397 e. The van der Waals surface area contributed by atoms with Crippen molar-refractivity contribution in [1.29, 1.82) is 0 Å². The van der Waals surface area contributed by atoms with E-state index in [4.69, 9.17) is 5.73 Å². The lowest BCUT2D eigenvalue weighted by Crippen LogP contribution is -2.15. The minimum atomic E-state index is -3.82. The number of nitrogens with two attached hydrogens (primary N) is 1. The highest BCUT2D eigenvalue weighted by molar-refractivity contribution is 7.90. The van der Waals surface area contributed by atoms with E-state index in [9.17, 15) is 12.8 Å². The van der Waals surface area contributed by atoms with Gasteiger partial charge in [-0.05, 0) is 60.4 Å². The third-order valence-corrected chi connectivity index (χ3v) is 7.00. The molecule has 0 spiro atoms. The average molecular weight is 453 g/mol. The minimum absolute atomic E-state index is 0.0581. The van der Waals surface area contributed by atoms with Crippen molar-refractivity contribution in [3.8, 4) is 5.69 Å². The first-order valence-electron chi connectivity index (χ1n) is 10.2. The van der Waals surface area contributed by atoms with E-state index in [2.05, 4.69) is 10.1 Å². The molecule has 0 aliphatic carbocycles. The molecule has 4 aromatic rings. The SMILES string of the molecule is Cc1cc(CS(=O)(=O)c2ccc(C(C)(C)C)c(F)c2)n(-c2ccc(N)c3ncccc23)n1. The highest BCUT2D eigenvalue weighted by Gasteiger charge is 2.24. The molecule has 0 radical (unpaired) electrons. The maximum Gasteiger partial charge on any atom is 0.184 e. The lowest BCUT2D eigenvalue weighted by molar-refractivity contribution is 0.519. The predicted molar refractivity (Wildman–Crippen MR) is 124 cm³/mol. The van der Waals surface area contributed by atoms with Crippen molar-refractivity contribution in [3.05, 3.63) is 77.5 Å². The van der Waals surface area contributed by atoms with Crippen LogP contribution in [0.1, 0.15) is 37.7 Å². The van der Waals surface area contributed by atoms with Crippen LogP contribution >= 0.6 is 0 Å². The summed E-state index contributed by atoms with van der Waals surface area (Å²) in [5.74, 6) is -0.854. The standard InChI is InChI=1S/C24H25FN4O2S/c1-15-12-16(14-32(30,31)17-7-8-19(20(25)13-17)24(2,3)4)29(28-15)22-10-9-21(26)23-18(22)6-5-11-27-23/h5-13H,14,26H2,1-4H3. The van der Waals surface area contributed by atoms with Gasteiger partial charge in [-0.2, -0.15) is 5.10 Å². The number of halogens is 1. The van der Waals surface area contributed by atoms with Crippen molar-refractivity contribution in [2.24, 2.45) is 0 Å². The number of benzene rings is 2. The monoisotopic (exact) mass is 452 g/mol. The first kappa shape index (κ1) is 22.0. The topological polar surface area (TPSA) is 90.9 Å². The highest BCUT2D eigenvalue weighted by atomic mass is 32.2. The Morgan fingerprint density at radius 3 is 2.53 bits per heavy atom. The van der Waals surface area contributed by atoms with Crippen molar-refractivity contribution in [2.75, 3.05) is 5.73 Å². The van der Waals surface area contributed by atoms with Gasteiger partial charge in [-0.25, -0.2) is 17.5 Å². The molecular formula is C24H25FN4O2S. The van der Waals surface area contributed by atoms with Gasteiger partial charge in [-0.3, -0.25) is 4.98 Å². The third-order valence-electron chi connectivity index (χ3n) is 5.36. The van der Waals surface area contributed by atoms with Gasteiger partial charge < -0.3 is 5.73 Å². The zero-order valence-corrected chi connectivity index (χ0v) is 19.2. The van der Waals surface area contributed by atoms with E-state index in [1.807, 2.05) is 26.8 Å². The minimum Gasteiger partial charge on any atom is -0.397 e. The number of aryl methyl sites for hydroxylation is 1. The third kappa shape index (κ3) is 3.98. The number of fused-ring (bicyclic) bond motifs is 1. The number of hydrogen-bond donors (Lipinski definition) is 1. The van der Waals surface area contributed by atoms with Gasteiger partial charge in [-0.1, -0.05) is 26.8 Å². The Kier molecular flexibility index (Phi) is 5.29. The van der Waals surface area contributed by atoms with Crippen LogP contribution in [-0.2, 0) is 21.0 Å². The fourth-order valence-electron chi connectivity index (χ4n) is 3.80. The Balaban J connectivity index is 1.78. The van der Waals surface area contributed by atoms with Crippen LogP contribution in [0.4, 0.5) is 10.1 Å². The van der Waals surface area contributed by atoms with E-state index >= 15 is 0 Å². The molecule has 0 atom stereocenters. The first-order chi connectivity index (χ1) is 15.0. The zero-order valence-electron chi connectivity index (χ0n) is 18.4. The first-order valence-corrected chi connectivity index (χ1v) is 11.8. The number of nitrogens with zero attached hydrogens (tertiary/aromatic N) is 3. The second kappa shape index (κ2) is 7.70. The number of nitrogen functional groups attached to an aromatic ring is 1. The Hall–Kier alpha value is -3.26. The fourth-order valence-corrected chi connectivity index (χ4v) is 5.12. The summed E-state index contributed by atoms with van der Waals surface area (Å²) in [4.78, 5) is 4.28. The highest BCUT2D eigenvalue weighted by Crippen LogP contribution is 2.30. The van der Waals surface area contributed by atoms with Crippen molar-refractivity contribution in [2.45, 2.75) is 43.8 Å². The van der Waals surface area contributed by atoms with Crippen LogP contribution in [0.5, 0.6) is 0 Å². The molecule has 0 aliphatic heterocycles. The van der Waals surface area contributed by atoms with Crippen LogP contribution < -0.4 is 5.73 Å². The van der Waals surface area contributed by atoms with Gasteiger partial charge in [-0.15, -0.1) is 0 Å². The molecule has 2 heterocycles. The molecule has 0 aliphatic rings. The van der Waals surface area contributed by atoms with Gasteiger partial charge in [0.05, 0.1) is 38.9 Å². The Morgan fingerprint density at radius 2 is 1.84 bits per heavy atom. The van der Waals surface area contributed by atoms with E-state index in [-0.39, 0.29) is 10.6 Å². The van der Waals surface area contributed by atoms with Crippen LogP contribution in [0.15, 0.2) is 59.6 Å². The fraction of sp³-hybridized carbons (Fsp3) is 0.250. The molecule has 166 valence electrons. The normalized spacial score (nSPS) is 12.4. The predicted octanol–water partition coefficient (Wildman–Crippen LogP) is 4.72. The Bertz CT molecular complexity index is 1440. The van der Waals surface area contributed by atoms with E-state index in [0.29, 0.717) is 33.8 Å². The summed E-state index contributed by atoms with van der Waals surface area (Å²) in [7, 11) is -3.82. The summed E-state index contributed by atoms with van der Waals surface area (Å²) in [5.41, 5.74) is 9.06. The number of anilines is 1. The molecule has 0 saturated carbocycles. The van der Waals surface area contributed by atoms with Gasteiger partial charge in [0, 0.05) is 11.6 Å². The molecule has 2 aromatic carbocycles. The van der Waals surface area contributed by atoms with Crippen molar-refractivity contribution in [1.82, 2.24) is 14.8 Å². The van der Waals surface area contributed by atoms with Crippen LogP contribution in [0, 0.1) is 12.7 Å². The van der Waals surface area contributed by atoms with Crippen LogP contribution in [0.2, 0.25) is 0 Å². The second-order valence-electron chi connectivity index (χ2n) is 8.91. The van der Waals surface area contributed by atoms with E-state index in [1.165, 1.54) is 6.07 Å². The van der Waals surface area contributed by atoms with E-state index in [0.717, 1.165) is 11.5 Å². The maximum absolute atomic E-state index is 14.7. The summed E-state index contributed by atoms with van der Waals surface area (Å²) < 4.78 is 42.6. The Labute approximate surface area is 186 Å². The van der Waals surface area contributed by atoms with E-state index in [1.54, 1.807) is 48.1 Å². The van der Waals surface area contributed by atoms with Crippen molar-refractivity contribution >= 4 is 26.4 Å². The number of hydrogen-bond acceptors (Lipinski definition) is 5. The molecule has 2 aromatic heterocycles. The van der Waals surface area contributed by atoms with E-state index < -0.39 is 21.1 Å². The lowest BCUT2D eigenvalue weighted by Gasteiger charge is -2.20. The molecular weight excluding hydrogens is 427 g/mol. The average Bonchev–Trinajstić information content (AvgIpc) is 3.06. The summed E-state index contributed by atoms with van der Waals surface area (Å²) in [6, 6.07) is 13.0. The van der Waals surface area contributed by atoms with Gasteiger partial charge in [0.1, 0.15) is 5.82 Å². The smallest absolute Gasteiger partial charge is 0.184 e. The summed E-state index contributed by atoms with van der Waals surface area (Å²) in [6.45, 7) is 7.44. The Morgan fingerprint density at radius 1 is 1.09 bits per heavy atom. The number of aromatic nitrogens is 3. The van der Waals surface area contributed by atoms with Gasteiger partial charge >= 0.3 is 0 Å². The summed E-state index contributed by atoms with van der Waals surface area (Å²) in [6.07, 6.45) is 1.65. The number of rotatable bonds is 4. The molecule has 0 bridgehead atoms. The summed E-state index contributed by atoms with van der Waals surface area (Å²) >= 11 is 0. The lowest BCUT2D eigenvalue weighted by atomic mass is 9.87. The molecule has 0 unspecified atom stereocenters. The molecule has 4 rings (SSSR count). The van der Waals surface area contributed by atoms with Crippen LogP contribution in [0.3, 0.4) is 0 Å². The quantitative estimate of drug-likeness (QED) is 0.453. The molecule has 2 N–H and O–H groups in total. The van der Waals surface area contributed by atoms with Crippen LogP contribution in [0.25, 0.3) is 16.6 Å². The molecule has 0 amide bonds. The second-order valence-corrected chi connectivity index (χ2v) is 10.9. The van der Waals surface area contributed by atoms with Crippen LogP contribution in [-0.4, -0.2) is 23.2 Å². The molecule has 0 fully saturated rings. The molecule has 32 heavy (non-hydrogen) atoms. The summed E-state index contributed by atoms with van der Waals surface area (Å²) in [5, 5.41) is 5.27. The zero-order chi connectivity index (χ0) is 23.3. The van der Waals surface area contributed by atoms with Gasteiger partial charge in [0.15, 0.2) is 9.84 Å². The molecule has 8 heteroatoms. The van der Waals surface area contributed by atoms with Crippen molar-refractivity contribution in [3.63, 3.8) is 0 Å².